The molecule has 1 unspecified atom stereocenters. The fourth-order valence-corrected chi connectivity index (χ4v) is 5.78. The van der Waals surface area contributed by atoms with Gasteiger partial charge in [0.1, 0.15) is 0 Å². The Labute approximate surface area is 115 Å². The van der Waals surface area contributed by atoms with Gasteiger partial charge in [0.25, 0.3) is 0 Å². The lowest BCUT2D eigenvalue weighted by Gasteiger charge is -2.36. The first kappa shape index (κ1) is 14.2. The second-order valence-corrected chi connectivity index (χ2v) is 8.35. The van der Waals surface area contributed by atoms with Gasteiger partial charge in [0.15, 0.2) is 0 Å². The lowest BCUT2D eigenvalue weighted by molar-refractivity contribution is -0.143. The highest BCUT2D eigenvalue weighted by atomic mass is 32.2. The summed E-state index contributed by atoms with van der Waals surface area (Å²) in [4.78, 5) is 11.7. The van der Waals surface area contributed by atoms with E-state index in [0.717, 1.165) is 17.8 Å². The molecule has 0 radical (unpaired) electrons. The number of ether oxygens (including phenoxy) is 1. The molecule has 1 heterocycles. The molecule has 0 N–H and O–H groups in total. The second kappa shape index (κ2) is 5.44. The summed E-state index contributed by atoms with van der Waals surface area (Å²) in [5.74, 6) is 2.33. The summed E-state index contributed by atoms with van der Waals surface area (Å²) < 4.78 is 5.46. The number of carbonyl (C=O) groups is 1. The first-order valence-electron chi connectivity index (χ1n) is 7.27. The summed E-state index contributed by atoms with van der Waals surface area (Å²) in [7, 11) is 0. The van der Waals surface area contributed by atoms with Gasteiger partial charge in [-0.2, -0.15) is 11.8 Å². The molecule has 1 aliphatic heterocycles. The van der Waals surface area contributed by atoms with Gasteiger partial charge in [0, 0.05) is 10.00 Å². The molecule has 0 aromatic carbocycles. The van der Waals surface area contributed by atoms with E-state index in [2.05, 4.69) is 20.8 Å². The molecule has 0 amide bonds. The zero-order valence-electron chi connectivity index (χ0n) is 12.1. The Bertz CT molecular complexity index is 314. The van der Waals surface area contributed by atoms with Crippen LogP contribution >= 0.6 is 11.8 Å². The van der Waals surface area contributed by atoms with Gasteiger partial charge >= 0.3 is 5.97 Å². The van der Waals surface area contributed by atoms with Crippen molar-refractivity contribution in [1.82, 2.24) is 0 Å². The van der Waals surface area contributed by atoms with Crippen molar-refractivity contribution in [1.29, 1.82) is 0 Å². The second-order valence-electron chi connectivity index (χ2n) is 6.46. The molecule has 2 aliphatic rings. The summed E-state index contributed by atoms with van der Waals surface area (Å²) in [6.45, 7) is 9.46. The summed E-state index contributed by atoms with van der Waals surface area (Å²) in [6.07, 6.45) is 4.60. The Morgan fingerprint density at radius 2 is 2.11 bits per heavy atom. The third-order valence-corrected chi connectivity index (χ3v) is 6.39. The van der Waals surface area contributed by atoms with Gasteiger partial charge < -0.3 is 4.74 Å². The molecule has 1 aliphatic carbocycles. The molecule has 4 atom stereocenters. The van der Waals surface area contributed by atoms with Crippen molar-refractivity contribution < 1.29 is 9.53 Å². The van der Waals surface area contributed by atoms with Gasteiger partial charge in [-0.15, -0.1) is 0 Å². The Morgan fingerprint density at radius 3 is 2.78 bits per heavy atom. The van der Waals surface area contributed by atoms with Crippen molar-refractivity contribution in [3.8, 4) is 0 Å². The predicted octanol–water partition coefficient (Wildman–Crippen LogP) is 3.89. The van der Waals surface area contributed by atoms with E-state index in [9.17, 15) is 4.79 Å². The maximum absolute atomic E-state index is 11.7. The molecule has 1 saturated heterocycles. The SMILES string of the molecule is CCOC(=O)CC1SC(C)(C)[C@@H]2CC[C@@H](C)C[C@@H]12. The van der Waals surface area contributed by atoms with Crippen LogP contribution in [-0.4, -0.2) is 22.6 Å². The van der Waals surface area contributed by atoms with Crippen LogP contribution in [0.1, 0.15) is 53.4 Å². The van der Waals surface area contributed by atoms with Gasteiger partial charge in [0.2, 0.25) is 0 Å². The summed E-state index contributed by atoms with van der Waals surface area (Å²) in [5.41, 5.74) is 0. The average Bonchev–Trinajstić information content (AvgIpc) is 2.50. The third kappa shape index (κ3) is 2.87. The standard InChI is InChI=1S/C15H26O2S/c1-5-17-14(16)9-13-11-8-10(2)6-7-12(11)15(3,4)18-13/h10-13H,5-9H2,1-4H3/t10-,11-,12-,13?/m1/s1. The lowest BCUT2D eigenvalue weighted by Crippen LogP contribution is -2.33. The van der Waals surface area contributed by atoms with Crippen LogP contribution in [0.2, 0.25) is 0 Å². The van der Waals surface area contributed by atoms with Gasteiger partial charge in [-0.1, -0.05) is 27.2 Å². The van der Waals surface area contributed by atoms with Crippen LogP contribution in [0.15, 0.2) is 0 Å². The topological polar surface area (TPSA) is 26.3 Å². The molecule has 0 bridgehead atoms. The number of esters is 1. The fourth-order valence-electron chi connectivity index (χ4n) is 3.84. The van der Waals surface area contributed by atoms with Crippen LogP contribution in [0.5, 0.6) is 0 Å². The molecular weight excluding hydrogens is 244 g/mol. The molecule has 104 valence electrons. The van der Waals surface area contributed by atoms with Crippen molar-refractivity contribution in [3.63, 3.8) is 0 Å². The van der Waals surface area contributed by atoms with E-state index in [4.69, 9.17) is 4.74 Å². The van der Waals surface area contributed by atoms with Crippen molar-refractivity contribution in [3.05, 3.63) is 0 Å². The molecule has 0 aromatic heterocycles. The highest BCUT2D eigenvalue weighted by Gasteiger charge is 2.50. The Morgan fingerprint density at radius 1 is 1.39 bits per heavy atom. The van der Waals surface area contributed by atoms with E-state index >= 15 is 0 Å². The Balaban J connectivity index is 2.04. The molecule has 1 saturated carbocycles. The highest BCUT2D eigenvalue weighted by Crippen LogP contribution is 2.57. The molecule has 2 fully saturated rings. The lowest BCUT2D eigenvalue weighted by atomic mass is 9.68. The first-order chi connectivity index (χ1) is 8.44. The smallest absolute Gasteiger partial charge is 0.306 e. The summed E-state index contributed by atoms with van der Waals surface area (Å²) in [5, 5.41) is 0.479. The quantitative estimate of drug-likeness (QED) is 0.728. The van der Waals surface area contributed by atoms with E-state index in [1.54, 1.807) is 0 Å². The van der Waals surface area contributed by atoms with Crippen LogP contribution < -0.4 is 0 Å². The first-order valence-corrected chi connectivity index (χ1v) is 8.15. The molecule has 18 heavy (non-hydrogen) atoms. The minimum Gasteiger partial charge on any atom is -0.466 e. The van der Waals surface area contributed by atoms with Gasteiger partial charge in [0.05, 0.1) is 13.0 Å². The molecule has 2 nitrogen and oxygen atoms in total. The molecule has 2 rings (SSSR count). The minimum absolute atomic E-state index is 0.00956. The van der Waals surface area contributed by atoms with Crippen molar-refractivity contribution >= 4 is 17.7 Å². The van der Waals surface area contributed by atoms with E-state index in [1.807, 2.05) is 18.7 Å². The van der Waals surface area contributed by atoms with Crippen molar-refractivity contribution in [2.75, 3.05) is 6.61 Å². The fraction of sp³-hybridized carbons (Fsp3) is 0.933. The predicted molar refractivity (Wildman–Crippen MR) is 76.7 cm³/mol. The number of carbonyl (C=O) groups excluding carboxylic acids is 1. The van der Waals surface area contributed by atoms with Gasteiger partial charge in [-0.3, -0.25) is 4.79 Å². The van der Waals surface area contributed by atoms with E-state index in [-0.39, 0.29) is 5.97 Å². The highest BCUT2D eigenvalue weighted by molar-refractivity contribution is 8.01. The van der Waals surface area contributed by atoms with E-state index < -0.39 is 0 Å². The Hall–Kier alpha value is -0.180. The third-order valence-electron chi connectivity index (χ3n) is 4.66. The zero-order valence-corrected chi connectivity index (χ0v) is 12.9. The number of rotatable bonds is 3. The van der Waals surface area contributed by atoms with Crippen LogP contribution in [0.25, 0.3) is 0 Å². The number of fused-ring (bicyclic) bond motifs is 1. The summed E-state index contributed by atoms with van der Waals surface area (Å²) >= 11 is 2.03. The van der Waals surface area contributed by atoms with Gasteiger partial charge in [-0.25, -0.2) is 0 Å². The van der Waals surface area contributed by atoms with Crippen LogP contribution in [-0.2, 0) is 9.53 Å². The Kier molecular flexibility index (Phi) is 4.30. The number of thioether (sulfide) groups is 1. The normalized spacial score (nSPS) is 38.2. The maximum atomic E-state index is 11.7. The molecule has 0 spiro atoms. The maximum Gasteiger partial charge on any atom is 0.306 e. The van der Waals surface area contributed by atoms with Gasteiger partial charge in [-0.05, 0) is 37.5 Å². The summed E-state index contributed by atoms with van der Waals surface area (Å²) in [6, 6.07) is 0. The van der Waals surface area contributed by atoms with Crippen LogP contribution in [0, 0.1) is 17.8 Å². The van der Waals surface area contributed by atoms with Crippen molar-refractivity contribution in [2.24, 2.45) is 17.8 Å². The minimum atomic E-state index is -0.00956. The van der Waals surface area contributed by atoms with Crippen LogP contribution in [0.4, 0.5) is 0 Å². The number of hydrogen-bond acceptors (Lipinski definition) is 3. The number of hydrogen-bond donors (Lipinski definition) is 0. The molecular formula is C15H26O2S. The molecule has 0 aromatic rings. The largest absolute Gasteiger partial charge is 0.466 e. The van der Waals surface area contributed by atoms with E-state index in [1.165, 1.54) is 19.3 Å². The van der Waals surface area contributed by atoms with Crippen molar-refractivity contribution in [2.45, 2.75) is 63.4 Å². The zero-order chi connectivity index (χ0) is 13.3. The van der Waals surface area contributed by atoms with Crippen LogP contribution in [0.3, 0.4) is 0 Å². The monoisotopic (exact) mass is 270 g/mol. The average molecular weight is 270 g/mol. The molecule has 3 heteroatoms. The van der Waals surface area contributed by atoms with E-state index in [0.29, 0.717) is 23.0 Å².